The van der Waals surface area contributed by atoms with Gasteiger partial charge < -0.3 is 14.8 Å². The highest BCUT2D eigenvalue weighted by molar-refractivity contribution is 9.10. The minimum atomic E-state index is -0.969. The second kappa shape index (κ2) is 9.34. The van der Waals surface area contributed by atoms with E-state index >= 15 is 0 Å². The van der Waals surface area contributed by atoms with Crippen LogP contribution in [0.25, 0.3) is 0 Å². The fourth-order valence-electron chi connectivity index (χ4n) is 4.25. The number of carbonyl (C=O) groups is 3. The smallest absolute Gasteiger partial charge is 0.336 e. The monoisotopic (exact) mass is 493 g/mol. The number of methoxy groups -OCH3 is 1. The first kappa shape index (κ1) is 23.2. The number of halogens is 2. The number of allylic oxidation sites excluding steroid dienone is 3. The van der Waals surface area contributed by atoms with Crippen molar-refractivity contribution >= 4 is 33.7 Å². The molecule has 166 valence electrons. The molecule has 0 saturated carbocycles. The van der Waals surface area contributed by atoms with Crippen LogP contribution < -0.4 is 5.32 Å². The number of carbonyl (C=O) groups excluding carboxylic acids is 3. The zero-order valence-electron chi connectivity index (χ0n) is 17.9. The summed E-state index contributed by atoms with van der Waals surface area (Å²) in [5, 5.41) is 3.19. The summed E-state index contributed by atoms with van der Waals surface area (Å²) in [6.45, 7) is 5.69. The van der Waals surface area contributed by atoms with E-state index in [1.54, 1.807) is 19.1 Å². The Labute approximate surface area is 189 Å². The van der Waals surface area contributed by atoms with E-state index in [4.69, 9.17) is 9.47 Å². The predicted molar refractivity (Wildman–Crippen MR) is 115 cm³/mol. The van der Waals surface area contributed by atoms with Crippen LogP contribution in [-0.2, 0) is 23.9 Å². The molecule has 1 aromatic rings. The number of esters is 2. The standard InChI is InChI=1S/C23H25BrFNO5/c1-5-8-31-23(29)18-12(3)26-16-9-11(2)17(22(28)30-4)21(27)20(16)19(18)13-6-7-15(25)14(24)10-13/h6-7,10-11,17,19,26H,5,8-9H2,1-4H3/t11-,17+,19-/m1/s1. The first-order valence-electron chi connectivity index (χ1n) is 10.2. The zero-order valence-corrected chi connectivity index (χ0v) is 19.5. The molecular formula is C23H25BrFNO5. The van der Waals surface area contributed by atoms with Crippen molar-refractivity contribution in [2.45, 2.75) is 39.5 Å². The zero-order chi connectivity index (χ0) is 22.9. The van der Waals surface area contributed by atoms with Crippen molar-refractivity contribution in [2.24, 2.45) is 11.8 Å². The van der Waals surface area contributed by atoms with Crippen LogP contribution in [0.1, 0.15) is 45.1 Å². The van der Waals surface area contributed by atoms with Crippen LogP contribution in [0.3, 0.4) is 0 Å². The lowest BCUT2D eigenvalue weighted by atomic mass is 9.69. The number of hydrogen-bond donors (Lipinski definition) is 1. The maximum absolute atomic E-state index is 13.9. The summed E-state index contributed by atoms with van der Waals surface area (Å²) in [7, 11) is 1.25. The molecule has 1 aromatic carbocycles. The van der Waals surface area contributed by atoms with E-state index in [9.17, 15) is 18.8 Å². The number of dihydropyridines is 1. The van der Waals surface area contributed by atoms with Crippen molar-refractivity contribution in [3.63, 3.8) is 0 Å². The van der Waals surface area contributed by atoms with Crippen LogP contribution in [-0.4, -0.2) is 31.4 Å². The van der Waals surface area contributed by atoms with Crippen molar-refractivity contribution in [3.05, 3.63) is 56.6 Å². The minimum absolute atomic E-state index is 0.214. The molecule has 1 aliphatic carbocycles. The van der Waals surface area contributed by atoms with Gasteiger partial charge in [0.2, 0.25) is 0 Å². The largest absolute Gasteiger partial charge is 0.468 e. The van der Waals surface area contributed by atoms with E-state index in [1.807, 2.05) is 13.8 Å². The topological polar surface area (TPSA) is 81.7 Å². The molecule has 31 heavy (non-hydrogen) atoms. The Kier molecular flexibility index (Phi) is 6.99. The van der Waals surface area contributed by atoms with E-state index < -0.39 is 35.4 Å². The molecule has 2 aliphatic rings. The van der Waals surface area contributed by atoms with Crippen molar-refractivity contribution in [2.75, 3.05) is 13.7 Å². The first-order chi connectivity index (χ1) is 14.7. The highest BCUT2D eigenvalue weighted by Crippen LogP contribution is 2.46. The number of ether oxygens (including phenoxy) is 2. The summed E-state index contributed by atoms with van der Waals surface area (Å²) in [5.41, 5.74) is 2.38. The van der Waals surface area contributed by atoms with E-state index in [1.165, 1.54) is 13.2 Å². The lowest BCUT2D eigenvalue weighted by molar-refractivity contribution is -0.151. The van der Waals surface area contributed by atoms with Crippen LogP contribution in [0.15, 0.2) is 45.2 Å². The summed E-state index contributed by atoms with van der Waals surface area (Å²) in [5.74, 6) is -4.04. The molecule has 6 nitrogen and oxygen atoms in total. The molecule has 1 aliphatic heterocycles. The van der Waals surface area contributed by atoms with Gasteiger partial charge in [0.05, 0.1) is 23.8 Å². The predicted octanol–water partition coefficient (Wildman–Crippen LogP) is 4.15. The van der Waals surface area contributed by atoms with E-state index in [2.05, 4.69) is 21.2 Å². The summed E-state index contributed by atoms with van der Waals surface area (Å²) < 4.78 is 24.4. The molecule has 0 saturated heterocycles. The van der Waals surface area contributed by atoms with Crippen LogP contribution in [0, 0.1) is 17.7 Å². The highest BCUT2D eigenvalue weighted by atomic mass is 79.9. The Bertz CT molecular complexity index is 1000. The lowest BCUT2D eigenvalue weighted by Gasteiger charge is -2.38. The third-order valence-electron chi connectivity index (χ3n) is 5.68. The van der Waals surface area contributed by atoms with Gasteiger partial charge in [0, 0.05) is 22.9 Å². The second-order valence-corrected chi connectivity index (χ2v) is 8.70. The molecule has 0 spiro atoms. The average molecular weight is 494 g/mol. The van der Waals surface area contributed by atoms with Gasteiger partial charge in [0.25, 0.3) is 0 Å². The Hall–Kier alpha value is -2.48. The molecule has 0 fully saturated rings. The van der Waals surface area contributed by atoms with Gasteiger partial charge in [-0.15, -0.1) is 0 Å². The number of nitrogens with one attached hydrogen (secondary N) is 1. The molecule has 0 radical (unpaired) electrons. The summed E-state index contributed by atoms with van der Waals surface area (Å²) in [6.07, 6.45) is 1.08. The van der Waals surface area contributed by atoms with E-state index in [0.717, 1.165) is 0 Å². The van der Waals surface area contributed by atoms with Gasteiger partial charge in [-0.2, -0.15) is 0 Å². The van der Waals surface area contributed by atoms with Gasteiger partial charge in [-0.05, 0) is 59.3 Å². The molecule has 8 heteroatoms. The van der Waals surface area contributed by atoms with Gasteiger partial charge >= 0.3 is 11.9 Å². The first-order valence-corrected chi connectivity index (χ1v) is 10.9. The summed E-state index contributed by atoms with van der Waals surface area (Å²) in [6, 6.07) is 4.37. The lowest BCUT2D eigenvalue weighted by Crippen LogP contribution is -2.43. The van der Waals surface area contributed by atoms with Gasteiger partial charge in [-0.3, -0.25) is 9.59 Å². The molecule has 0 amide bonds. The summed E-state index contributed by atoms with van der Waals surface area (Å²) >= 11 is 3.19. The third-order valence-corrected chi connectivity index (χ3v) is 6.28. The highest BCUT2D eigenvalue weighted by Gasteiger charge is 2.47. The Morgan fingerprint density at radius 3 is 2.65 bits per heavy atom. The fraction of sp³-hybridized carbons (Fsp3) is 0.435. The number of rotatable bonds is 5. The van der Waals surface area contributed by atoms with Crippen LogP contribution >= 0.6 is 15.9 Å². The molecule has 1 N–H and O–H groups in total. The van der Waals surface area contributed by atoms with Gasteiger partial charge in [-0.1, -0.05) is 19.9 Å². The Morgan fingerprint density at radius 1 is 1.32 bits per heavy atom. The van der Waals surface area contributed by atoms with Crippen molar-refractivity contribution in [1.82, 2.24) is 5.32 Å². The van der Waals surface area contributed by atoms with Crippen molar-refractivity contribution in [1.29, 1.82) is 0 Å². The van der Waals surface area contributed by atoms with Crippen LogP contribution in [0.5, 0.6) is 0 Å². The molecule has 0 aromatic heterocycles. The van der Waals surface area contributed by atoms with E-state index in [0.29, 0.717) is 35.4 Å². The maximum atomic E-state index is 13.9. The molecule has 3 rings (SSSR count). The number of hydrogen-bond acceptors (Lipinski definition) is 6. The molecule has 0 unspecified atom stereocenters. The third kappa shape index (κ3) is 4.31. The minimum Gasteiger partial charge on any atom is -0.468 e. The van der Waals surface area contributed by atoms with E-state index in [-0.39, 0.29) is 22.6 Å². The van der Waals surface area contributed by atoms with Gasteiger partial charge in [0.1, 0.15) is 11.7 Å². The Balaban J connectivity index is 2.18. The van der Waals surface area contributed by atoms with Crippen molar-refractivity contribution in [3.8, 4) is 0 Å². The number of Topliss-reactive ketones (excluding diaryl/α,β-unsaturated/α-hetero) is 1. The summed E-state index contributed by atoms with van der Waals surface area (Å²) in [4.78, 5) is 38.9. The molecule has 0 bridgehead atoms. The number of benzene rings is 1. The van der Waals surface area contributed by atoms with Crippen molar-refractivity contribution < 1.29 is 28.2 Å². The second-order valence-electron chi connectivity index (χ2n) is 7.84. The molecule has 1 heterocycles. The SMILES string of the molecule is CCCOC(=O)C1=C(C)NC2=C(C(=O)[C@@H](C(=O)OC)[C@H](C)C2)[C@@H]1c1ccc(F)c(Br)c1. The quantitative estimate of drug-likeness (QED) is 0.489. The fourth-order valence-corrected chi connectivity index (χ4v) is 4.65. The van der Waals surface area contributed by atoms with Crippen LogP contribution in [0.4, 0.5) is 4.39 Å². The normalized spacial score (nSPS) is 23.3. The molecular weight excluding hydrogens is 469 g/mol. The van der Waals surface area contributed by atoms with Gasteiger partial charge in [-0.25, -0.2) is 9.18 Å². The average Bonchev–Trinajstić information content (AvgIpc) is 2.72. The number of ketones is 1. The Morgan fingerprint density at radius 2 is 2.03 bits per heavy atom. The maximum Gasteiger partial charge on any atom is 0.336 e. The van der Waals surface area contributed by atoms with Gasteiger partial charge in [0.15, 0.2) is 5.78 Å². The molecule has 3 atom stereocenters. The van der Waals surface area contributed by atoms with Crippen LogP contribution in [0.2, 0.25) is 0 Å².